The number of hydrazine groups is 1. The van der Waals surface area contributed by atoms with Gasteiger partial charge in [-0.25, -0.2) is 4.39 Å². The van der Waals surface area contributed by atoms with Crippen LogP contribution in [-0.2, 0) is 6.42 Å². The highest BCUT2D eigenvalue weighted by Gasteiger charge is 2.28. The zero-order chi connectivity index (χ0) is 14.5. The second-order valence-electron chi connectivity index (χ2n) is 6.49. The lowest BCUT2D eigenvalue weighted by atomic mass is 9.74. The van der Waals surface area contributed by atoms with Crippen LogP contribution in [0.3, 0.4) is 0 Å². The van der Waals surface area contributed by atoms with Crippen molar-refractivity contribution in [2.75, 3.05) is 0 Å². The minimum absolute atomic E-state index is 0.122. The molecule has 0 amide bonds. The fourth-order valence-electron chi connectivity index (χ4n) is 3.48. The number of hydrogen-bond donors (Lipinski definition) is 2. The molecule has 3 heteroatoms. The van der Waals surface area contributed by atoms with E-state index in [-0.39, 0.29) is 11.9 Å². The summed E-state index contributed by atoms with van der Waals surface area (Å²) in [6.45, 7) is 4.62. The summed E-state index contributed by atoms with van der Waals surface area (Å²) in [5, 5.41) is 0. The first kappa shape index (κ1) is 15.5. The lowest BCUT2D eigenvalue weighted by Crippen LogP contribution is -2.44. The molecule has 0 bridgehead atoms. The maximum absolute atomic E-state index is 13.8. The van der Waals surface area contributed by atoms with E-state index >= 15 is 0 Å². The van der Waals surface area contributed by atoms with Gasteiger partial charge in [0.2, 0.25) is 0 Å². The van der Waals surface area contributed by atoms with E-state index in [2.05, 4.69) is 19.3 Å². The maximum atomic E-state index is 13.8. The zero-order valence-electron chi connectivity index (χ0n) is 12.6. The van der Waals surface area contributed by atoms with E-state index in [9.17, 15) is 4.39 Å². The van der Waals surface area contributed by atoms with Gasteiger partial charge in [-0.3, -0.25) is 11.3 Å². The van der Waals surface area contributed by atoms with Crippen molar-refractivity contribution in [3.63, 3.8) is 0 Å². The van der Waals surface area contributed by atoms with Crippen LogP contribution < -0.4 is 11.3 Å². The SMILES string of the molecule is CC(C)C1CCC(C(Cc2ccccc2F)NN)CC1. The molecule has 1 atom stereocenters. The Morgan fingerprint density at radius 3 is 2.30 bits per heavy atom. The number of nitrogens with one attached hydrogen (secondary N) is 1. The molecule has 0 spiro atoms. The third kappa shape index (κ3) is 3.80. The molecule has 0 heterocycles. The molecule has 2 nitrogen and oxygen atoms in total. The molecule has 1 aromatic carbocycles. The Morgan fingerprint density at radius 2 is 1.75 bits per heavy atom. The molecule has 2 rings (SSSR count). The van der Waals surface area contributed by atoms with Crippen LogP contribution in [0.1, 0.15) is 45.1 Å². The molecule has 0 saturated heterocycles. The summed E-state index contributed by atoms with van der Waals surface area (Å²) in [4.78, 5) is 0. The van der Waals surface area contributed by atoms with Crippen LogP contribution in [0.2, 0.25) is 0 Å². The predicted octanol–water partition coefficient (Wildman–Crippen LogP) is 3.66. The lowest BCUT2D eigenvalue weighted by molar-refractivity contribution is 0.187. The Morgan fingerprint density at radius 1 is 1.15 bits per heavy atom. The van der Waals surface area contributed by atoms with Gasteiger partial charge in [-0.2, -0.15) is 0 Å². The van der Waals surface area contributed by atoms with Gasteiger partial charge in [-0.1, -0.05) is 32.0 Å². The van der Waals surface area contributed by atoms with Gasteiger partial charge < -0.3 is 0 Å². The van der Waals surface area contributed by atoms with Crippen LogP contribution in [0.5, 0.6) is 0 Å². The number of halogens is 1. The van der Waals surface area contributed by atoms with Crippen molar-refractivity contribution in [1.82, 2.24) is 5.43 Å². The highest BCUT2D eigenvalue weighted by atomic mass is 19.1. The molecular weight excluding hydrogens is 251 g/mol. The van der Waals surface area contributed by atoms with E-state index in [1.807, 2.05) is 12.1 Å². The van der Waals surface area contributed by atoms with Gasteiger partial charge in [0.25, 0.3) is 0 Å². The number of hydrogen-bond acceptors (Lipinski definition) is 2. The summed E-state index contributed by atoms with van der Waals surface area (Å²) in [6.07, 6.45) is 5.63. The van der Waals surface area contributed by atoms with E-state index in [4.69, 9.17) is 5.84 Å². The monoisotopic (exact) mass is 278 g/mol. The topological polar surface area (TPSA) is 38.0 Å². The fourth-order valence-corrected chi connectivity index (χ4v) is 3.48. The molecule has 0 aliphatic heterocycles. The predicted molar refractivity (Wildman–Crippen MR) is 81.5 cm³/mol. The van der Waals surface area contributed by atoms with Gasteiger partial charge in [0, 0.05) is 6.04 Å². The highest BCUT2D eigenvalue weighted by molar-refractivity contribution is 5.18. The van der Waals surface area contributed by atoms with Gasteiger partial charge >= 0.3 is 0 Å². The third-order valence-electron chi connectivity index (χ3n) is 4.94. The molecule has 0 aromatic heterocycles. The van der Waals surface area contributed by atoms with E-state index in [1.165, 1.54) is 31.7 Å². The molecule has 1 aromatic rings. The first-order chi connectivity index (χ1) is 9.61. The van der Waals surface area contributed by atoms with Crippen molar-refractivity contribution in [1.29, 1.82) is 0 Å². The molecule has 112 valence electrons. The van der Waals surface area contributed by atoms with Crippen LogP contribution in [-0.4, -0.2) is 6.04 Å². The van der Waals surface area contributed by atoms with Crippen LogP contribution >= 0.6 is 0 Å². The van der Waals surface area contributed by atoms with E-state index in [0.717, 1.165) is 17.4 Å². The van der Waals surface area contributed by atoms with Gasteiger partial charge in [-0.15, -0.1) is 0 Å². The third-order valence-corrected chi connectivity index (χ3v) is 4.94. The normalized spacial score (nSPS) is 24.9. The number of benzene rings is 1. The number of rotatable bonds is 5. The van der Waals surface area contributed by atoms with Crippen LogP contribution in [0.4, 0.5) is 4.39 Å². The zero-order valence-corrected chi connectivity index (χ0v) is 12.6. The maximum Gasteiger partial charge on any atom is 0.126 e. The largest absolute Gasteiger partial charge is 0.271 e. The molecular formula is C17H27FN2. The second kappa shape index (κ2) is 7.19. The molecule has 1 unspecified atom stereocenters. The Labute approximate surface area is 121 Å². The van der Waals surface area contributed by atoms with Crippen molar-refractivity contribution in [2.45, 2.75) is 52.0 Å². The van der Waals surface area contributed by atoms with Gasteiger partial charge in [0.15, 0.2) is 0 Å². The average molecular weight is 278 g/mol. The summed E-state index contributed by atoms with van der Waals surface area (Å²) in [7, 11) is 0. The minimum Gasteiger partial charge on any atom is -0.271 e. The summed E-state index contributed by atoms with van der Waals surface area (Å²) < 4.78 is 13.8. The molecule has 1 aliphatic carbocycles. The van der Waals surface area contributed by atoms with Crippen LogP contribution in [0, 0.1) is 23.6 Å². The average Bonchev–Trinajstić information content (AvgIpc) is 2.46. The summed E-state index contributed by atoms with van der Waals surface area (Å²) >= 11 is 0. The quantitative estimate of drug-likeness (QED) is 0.637. The number of nitrogens with two attached hydrogens (primary N) is 1. The van der Waals surface area contributed by atoms with Crippen molar-refractivity contribution >= 4 is 0 Å². The van der Waals surface area contributed by atoms with Gasteiger partial charge in [-0.05, 0) is 61.5 Å². The molecule has 0 radical (unpaired) electrons. The Balaban J connectivity index is 1.95. The first-order valence-corrected chi connectivity index (χ1v) is 7.81. The molecule has 1 fully saturated rings. The van der Waals surface area contributed by atoms with Crippen molar-refractivity contribution < 1.29 is 4.39 Å². The summed E-state index contributed by atoms with van der Waals surface area (Å²) in [6, 6.07) is 7.19. The molecule has 1 saturated carbocycles. The summed E-state index contributed by atoms with van der Waals surface area (Å²) in [5.74, 6) is 7.78. The summed E-state index contributed by atoms with van der Waals surface area (Å²) in [5.41, 5.74) is 3.69. The molecule has 20 heavy (non-hydrogen) atoms. The van der Waals surface area contributed by atoms with E-state index in [0.29, 0.717) is 12.3 Å². The van der Waals surface area contributed by atoms with Crippen molar-refractivity contribution in [3.05, 3.63) is 35.6 Å². The molecule has 3 N–H and O–H groups in total. The first-order valence-electron chi connectivity index (χ1n) is 7.81. The second-order valence-corrected chi connectivity index (χ2v) is 6.49. The van der Waals surface area contributed by atoms with Crippen molar-refractivity contribution in [2.24, 2.45) is 23.6 Å². The smallest absolute Gasteiger partial charge is 0.126 e. The Hall–Kier alpha value is -0.930. The Bertz CT molecular complexity index is 411. The molecule has 1 aliphatic rings. The minimum atomic E-state index is -0.122. The standard InChI is InChI=1S/C17H27FN2/c1-12(2)13-7-9-14(10-8-13)17(20-19)11-15-5-3-4-6-16(15)18/h3-6,12-14,17,20H,7-11,19H2,1-2H3. The van der Waals surface area contributed by atoms with Crippen molar-refractivity contribution in [3.8, 4) is 0 Å². The van der Waals surface area contributed by atoms with Gasteiger partial charge in [0.1, 0.15) is 5.82 Å². The van der Waals surface area contributed by atoms with Gasteiger partial charge in [0.05, 0.1) is 0 Å². The van der Waals surface area contributed by atoms with Crippen LogP contribution in [0.25, 0.3) is 0 Å². The van der Waals surface area contributed by atoms with E-state index in [1.54, 1.807) is 6.07 Å². The highest BCUT2D eigenvalue weighted by Crippen LogP contribution is 2.35. The van der Waals surface area contributed by atoms with Crippen LogP contribution in [0.15, 0.2) is 24.3 Å². The van der Waals surface area contributed by atoms with E-state index < -0.39 is 0 Å². The Kier molecular flexibility index (Phi) is 5.55. The lowest BCUT2D eigenvalue weighted by Gasteiger charge is -2.35. The fraction of sp³-hybridized carbons (Fsp3) is 0.647.